The third-order valence-corrected chi connectivity index (χ3v) is 6.43. The van der Waals surface area contributed by atoms with E-state index in [1.807, 2.05) is 0 Å². The molecule has 1 amide bonds. The molecule has 2 rings (SSSR count). The van der Waals surface area contributed by atoms with E-state index < -0.39 is 10.0 Å². The van der Waals surface area contributed by atoms with Crippen LogP contribution < -0.4 is 10.1 Å². The quantitative estimate of drug-likeness (QED) is 0.758. The van der Waals surface area contributed by atoms with E-state index in [0.717, 1.165) is 8.09 Å². The maximum absolute atomic E-state index is 12.5. The minimum atomic E-state index is -3.70. The summed E-state index contributed by atoms with van der Waals surface area (Å²) < 4.78 is 32.3. The van der Waals surface area contributed by atoms with Crippen LogP contribution in [0.2, 0.25) is 0 Å². The second-order valence-electron chi connectivity index (χ2n) is 4.98. The van der Waals surface area contributed by atoms with Crippen molar-refractivity contribution in [1.29, 1.82) is 0 Å². The average Bonchev–Trinajstić information content (AvgIpc) is 2.95. The van der Waals surface area contributed by atoms with Gasteiger partial charge in [-0.15, -0.1) is 11.3 Å². The first-order chi connectivity index (χ1) is 11.3. The van der Waals surface area contributed by atoms with Gasteiger partial charge in [0.05, 0.1) is 16.0 Å². The molecule has 0 aliphatic heterocycles. The molecule has 0 fully saturated rings. The molecule has 0 aliphatic carbocycles. The van der Waals surface area contributed by atoms with Gasteiger partial charge in [0.1, 0.15) is 10.6 Å². The molecule has 0 unspecified atom stereocenters. The van der Waals surface area contributed by atoms with Crippen molar-refractivity contribution < 1.29 is 17.9 Å². The zero-order chi connectivity index (χ0) is 17.9. The van der Waals surface area contributed by atoms with E-state index in [-0.39, 0.29) is 16.6 Å². The number of carbonyl (C=O) groups is 1. The summed E-state index contributed by atoms with van der Waals surface area (Å²) >= 11 is 4.70. The standard InChI is InChI=1S/C15H17BrN2O4S2/c1-4-22-12-6-5-11(8-13(12)24(20,21)18(2)3)17-15(19)10-7-14(16)23-9-10/h5-9H,4H2,1-3H3,(H,17,19). The average molecular weight is 433 g/mol. The van der Waals surface area contributed by atoms with Crippen LogP contribution in [-0.2, 0) is 10.0 Å². The molecule has 2 aromatic rings. The molecular formula is C15H17BrN2O4S2. The maximum Gasteiger partial charge on any atom is 0.256 e. The van der Waals surface area contributed by atoms with E-state index in [2.05, 4.69) is 21.2 Å². The Labute approximate surface area is 153 Å². The number of carbonyl (C=O) groups excluding carboxylic acids is 1. The Balaban J connectivity index is 2.37. The number of hydrogen-bond donors (Lipinski definition) is 1. The third kappa shape index (κ3) is 4.15. The van der Waals surface area contributed by atoms with Crippen molar-refractivity contribution in [3.05, 3.63) is 39.0 Å². The summed E-state index contributed by atoms with van der Waals surface area (Å²) in [5.41, 5.74) is 0.879. The Morgan fingerprint density at radius 1 is 1.33 bits per heavy atom. The number of halogens is 1. The molecular weight excluding hydrogens is 416 g/mol. The van der Waals surface area contributed by atoms with Gasteiger partial charge in [0.15, 0.2) is 0 Å². The van der Waals surface area contributed by atoms with Crippen LogP contribution in [0.15, 0.2) is 38.3 Å². The van der Waals surface area contributed by atoms with Gasteiger partial charge < -0.3 is 10.1 Å². The number of amides is 1. The van der Waals surface area contributed by atoms with Gasteiger partial charge >= 0.3 is 0 Å². The smallest absolute Gasteiger partial charge is 0.256 e. The predicted molar refractivity (Wildman–Crippen MR) is 98.5 cm³/mol. The van der Waals surface area contributed by atoms with Gasteiger partial charge in [-0.05, 0) is 47.1 Å². The van der Waals surface area contributed by atoms with Crippen LogP contribution in [0.3, 0.4) is 0 Å². The van der Waals surface area contributed by atoms with Crippen LogP contribution in [0.5, 0.6) is 5.75 Å². The number of benzene rings is 1. The molecule has 1 heterocycles. The lowest BCUT2D eigenvalue weighted by molar-refractivity contribution is 0.102. The predicted octanol–water partition coefficient (Wildman–Crippen LogP) is 3.41. The fraction of sp³-hybridized carbons (Fsp3) is 0.267. The molecule has 0 atom stereocenters. The van der Waals surface area contributed by atoms with Crippen molar-refractivity contribution in [3.8, 4) is 5.75 Å². The molecule has 1 N–H and O–H groups in total. The Bertz CT molecular complexity index is 847. The molecule has 6 nitrogen and oxygen atoms in total. The number of nitrogens with one attached hydrogen (secondary N) is 1. The minimum absolute atomic E-state index is 0.0126. The minimum Gasteiger partial charge on any atom is -0.492 e. The molecule has 0 spiro atoms. The summed E-state index contributed by atoms with van der Waals surface area (Å²) in [4.78, 5) is 12.2. The highest BCUT2D eigenvalue weighted by Crippen LogP contribution is 2.30. The Morgan fingerprint density at radius 3 is 2.58 bits per heavy atom. The normalized spacial score (nSPS) is 11.5. The van der Waals surface area contributed by atoms with Crippen molar-refractivity contribution in [3.63, 3.8) is 0 Å². The lowest BCUT2D eigenvalue weighted by Crippen LogP contribution is -2.23. The van der Waals surface area contributed by atoms with E-state index in [9.17, 15) is 13.2 Å². The van der Waals surface area contributed by atoms with Crippen LogP contribution in [0, 0.1) is 0 Å². The summed E-state index contributed by atoms with van der Waals surface area (Å²) in [6, 6.07) is 6.25. The zero-order valence-corrected chi connectivity index (χ0v) is 16.6. The van der Waals surface area contributed by atoms with Crippen molar-refractivity contribution in [2.24, 2.45) is 0 Å². The number of ether oxygens (including phenoxy) is 1. The van der Waals surface area contributed by atoms with Crippen molar-refractivity contribution in [1.82, 2.24) is 4.31 Å². The van der Waals surface area contributed by atoms with Gasteiger partial charge in [0, 0.05) is 25.2 Å². The Kier molecular flexibility index (Phi) is 6.02. The molecule has 0 saturated carbocycles. The van der Waals surface area contributed by atoms with Crippen molar-refractivity contribution >= 4 is 48.9 Å². The number of rotatable bonds is 6. The summed E-state index contributed by atoms with van der Waals surface area (Å²) in [6.07, 6.45) is 0. The van der Waals surface area contributed by atoms with Crippen molar-refractivity contribution in [2.75, 3.05) is 26.0 Å². The lowest BCUT2D eigenvalue weighted by atomic mass is 10.2. The van der Waals surface area contributed by atoms with Gasteiger partial charge in [-0.3, -0.25) is 4.79 Å². The van der Waals surface area contributed by atoms with Crippen LogP contribution in [0.25, 0.3) is 0 Å². The highest BCUT2D eigenvalue weighted by molar-refractivity contribution is 9.11. The molecule has 24 heavy (non-hydrogen) atoms. The highest BCUT2D eigenvalue weighted by Gasteiger charge is 2.23. The van der Waals surface area contributed by atoms with Gasteiger partial charge in [-0.1, -0.05) is 0 Å². The Morgan fingerprint density at radius 2 is 2.04 bits per heavy atom. The molecule has 130 valence electrons. The van der Waals surface area contributed by atoms with Crippen LogP contribution >= 0.6 is 27.3 Å². The number of nitrogens with zero attached hydrogens (tertiary/aromatic N) is 1. The van der Waals surface area contributed by atoms with Crippen molar-refractivity contribution in [2.45, 2.75) is 11.8 Å². The number of thiophene rings is 1. The molecule has 0 radical (unpaired) electrons. The monoisotopic (exact) mass is 432 g/mol. The lowest BCUT2D eigenvalue weighted by Gasteiger charge is -2.16. The van der Waals surface area contributed by atoms with Crippen LogP contribution in [0.1, 0.15) is 17.3 Å². The SMILES string of the molecule is CCOc1ccc(NC(=O)c2csc(Br)c2)cc1S(=O)(=O)N(C)C. The summed E-state index contributed by atoms with van der Waals surface area (Å²) in [6.45, 7) is 2.11. The number of sulfonamides is 1. The van der Waals surface area contributed by atoms with Gasteiger partial charge in [0.25, 0.3) is 5.91 Å². The fourth-order valence-electron chi connectivity index (χ4n) is 1.89. The first-order valence-electron chi connectivity index (χ1n) is 7.00. The first kappa shape index (κ1) is 18.9. The zero-order valence-electron chi connectivity index (χ0n) is 13.4. The topological polar surface area (TPSA) is 75.7 Å². The second kappa shape index (κ2) is 7.64. The summed E-state index contributed by atoms with van der Waals surface area (Å²) in [5.74, 6) is -0.0585. The molecule has 1 aromatic heterocycles. The fourth-order valence-corrected chi connectivity index (χ4v) is 4.08. The molecule has 1 aromatic carbocycles. The molecule has 0 bridgehead atoms. The van der Waals surface area contributed by atoms with E-state index >= 15 is 0 Å². The molecule has 0 aliphatic rings. The second-order valence-corrected chi connectivity index (χ2v) is 9.39. The van der Waals surface area contributed by atoms with E-state index in [1.165, 1.54) is 31.5 Å². The third-order valence-electron chi connectivity index (χ3n) is 3.09. The summed E-state index contributed by atoms with van der Waals surface area (Å²) in [7, 11) is -0.810. The van der Waals surface area contributed by atoms with Crippen LogP contribution in [-0.4, -0.2) is 39.3 Å². The van der Waals surface area contributed by atoms with E-state index in [0.29, 0.717) is 17.9 Å². The largest absolute Gasteiger partial charge is 0.492 e. The van der Waals surface area contributed by atoms with E-state index in [4.69, 9.17) is 4.74 Å². The van der Waals surface area contributed by atoms with Gasteiger partial charge in [-0.2, -0.15) is 0 Å². The molecule has 9 heteroatoms. The van der Waals surface area contributed by atoms with E-state index in [1.54, 1.807) is 30.5 Å². The van der Waals surface area contributed by atoms with Crippen LogP contribution in [0.4, 0.5) is 5.69 Å². The molecule has 0 saturated heterocycles. The number of hydrogen-bond acceptors (Lipinski definition) is 5. The maximum atomic E-state index is 12.5. The first-order valence-corrected chi connectivity index (χ1v) is 10.1. The van der Waals surface area contributed by atoms with Gasteiger partial charge in [0.2, 0.25) is 10.0 Å². The summed E-state index contributed by atoms with van der Waals surface area (Å²) in [5, 5.41) is 4.41. The Hall–Kier alpha value is -1.42. The van der Waals surface area contributed by atoms with Gasteiger partial charge in [-0.25, -0.2) is 12.7 Å². The number of anilines is 1. The highest BCUT2D eigenvalue weighted by atomic mass is 79.9.